The van der Waals surface area contributed by atoms with Gasteiger partial charge in [-0.25, -0.2) is 9.78 Å². The zero-order chi connectivity index (χ0) is 32.6. The van der Waals surface area contributed by atoms with Crippen LogP contribution < -0.4 is 10.6 Å². The first kappa shape index (κ1) is 33.7. The molecule has 0 aliphatic carbocycles. The van der Waals surface area contributed by atoms with Gasteiger partial charge in [0.15, 0.2) is 0 Å². The summed E-state index contributed by atoms with van der Waals surface area (Å²) in [5.41, 5.74) is 1.15. The van der Waals surface area contributed by atoms with Crippen LogP contribution in [0.4, 0.5) is 4.79 Å². The number of nitrogens with zero attached hydrogens (tertiary/aromatic N) is 3. The van der Waals surface area contributed by atoms with Gasteiger partial charge in [-0.05, 0) is 57.1 Å². The van der Waals surface area contributed by atoms with E-state index in [4.69, 9.17) is 4.74 Å². The fourth-order valence-corrected chi connectivity index (χ4v) is 5.54. The van der Waals surface area contributed by atoms with Crippen molar-refractivity contribution >= 4 is 17.9 Å². The largest absolute Gasteiger partial charge is 0.444 e. The number of hydrogen-bond acceptors (Lipinski definition) is 6. The van der Waals surface area contributed by atoms with Gasteiger partial charge in [0.05, 0.1) is 24.5 Å². The molecule has 3 amide bonds. The second-order valence-electron chi connectivity index (χ2n) is 13.3. The summed E-state index contributed by atoms with van der Waals surface area (Å²) < 4.78 is 7.48. The van der Waals surface area contributed by atoms with Crippen LogP contribution in [0.1, 0.15) is 58.2 Å². The summed E-state index contributed by atoms with van der Waals surface area (Å²) in [6, 6.07) is 17.9. The quantitative estimate of drug-likeness (QED) is 0.265. The average Bonchev–Trinajstić information content (AvgIpc) is 3.48. The molecular weight excluding hydrogens is 570 g/mol. The van der Waals surface area contributed by atoms with E-state index in [1.807, 2.05) is 85.3 Å². The van der Waals surface area contributed by atoms with E-state index in [1.54, 1.807) is 38.2 Å². The lowest BCUT2D eigenvalue weighted by atomic mass is 9.88. The van der Waals surface area contributed by atoms with Gasteiger partial charge in [-0.1, -0.05) is 74.5 Å². The standard InChI is InChI=1S/C35H47N5O5/c1-24(2)31(33(43)40-21-28(22-40)39-17-16-36-23-39)38-32(42)27(18-25-12-8-6-9-13-25)20-30(41)29(19-26-14-10-7-11-15-26)37-34(44)45-35(3,4)5/h6-17,23-24,27-31,41H,18-22H2,1-5H3,(H,37,44)(H,38,42)/t27-,29+,30-,31-/m0/s1. The number of aliphatic hydroxyl groups is 1. The van der Waals surface area contributed by atoms with Gasteiger partial charge in [-0.3, -0.25) is 9.59 Å². The van der Waals surface area contributed by atoms with Crippen LogP contribution in [0.25, 0.3) is 0 Å². The lowest BCUT2D eigenvalue weighted by Crippen LogP contribution is -2.59. The Morgan fingerprint density at radius 1 is 0.956 bits per heavy atom. The van der Waals surface area contributed by atoms with Crippen molar-refractivity contribution in [1.29, 1.82) is 0 Å². The Kier molecular flexibility index (Phi) is 11.4. The summed E-state index contributed by atoms with van der Waals surface area (Å²) in [6.45, 7) is 10.3. The van der Waals surface area contributed by atoms with E-state index < -0.39 is 35.8 Å². The number of amides is 3. The van der Waals surface area contributed by atoms with Crippen molar-refractivity contribution in [3.05, 3.63) is 90.5 Å². The van der Waals surface area contributed by atoms with Crippen LogP contribution in [0.15, 0.2) is 79.4 Å². The first-order chi connectivity index (χ1) is 21.4. The van der Waals surface area contributed by atoms with E-state index in [9.17, 15) is 19.5 Å². The fraction of sp³-hybridized carbons (Fsp3) is 0.486. The monoisotopic (exact) mass is 617 g/mol. The van der Waals surface area contributed by atoms with Crippen LogP contribution in [-0.2, 0) is 27.2 Å². The minimum absolute atomic E-state index is 0.0689. The number of hydrogen-bond donors (Lipinski definition) is 3. The summed E-state index contributed by atoms with van der Waals surface area (Å²) in [7, 11) is 0. The SMILES string of the molecule is CC(C)[C@H](NC(=O)[C@@H](Cc1ccccc1)C[C@H](O)[C@@H](Cc1ccccc1)NC(=O)OC(C)(C)C)C(=O)N1CC(n2ccnc2)C1. The Morgan fingerprint density at radius 2 is 1.56 bits per heavy atom. The predicted octanol–water partition coefficient (Wildman–Crippen LogP) is 4.15. The summed E-state index contributed by atoms with van der Waals surface area (Å²) in [5.74, 6) is -1.24. The normalized spacial score (nSPS) is 16.3. The molecule has 1 aromatic heterocycles. The zero-order valence-corrected chi connectivity index (χ0v) is 26.9. The van der Waals surface area contributed by atoms with Gasteiger partial charge in [0.25, 0.3) is 0 Å². The van der Waals surface area contributed by atoms with Crippen molar-refractivity contribution in [1.82, 2.24) is 25.1 Å². The molecule has 4 rings (SSSR count). The van der Waals surface area contributed by atoms with Gasteiger partial charge in [-0.2, -0.15) is 0 Å². The molecule has 2 aromatic carbocycles. The van der Waals surface area contributed by atoms with Crippen LogP contribution >= 0.6 is 0 Å². The number of alkyl carbamates (subject to hydrolysis) is 1. The van der Waals surface area contributed by atoms with Crippen molar-refractivity contribution in [2.75, 3.05) is 13.1 Å². The third-order valence-corrected chi connectivity index (χ3v) is 8.04. The van der Waals surface area contributed by atoms with Gasteiger partial charge >= 0.3 is 6.09 Å². The number of aromatic nitrogens is 2. The number of benzene rings is 2. The van der Waals surface area contributed by atoms with E-state index in [2.05, 4.69) is 15.6 Å². The number of carbonyl (C=O) groups excluding carboxylic acids is 3. The molecule has 4 atom stereocenters. The number of likely N-dealkylation sites (tertiary alicyclic amines) is 1. The molecule has 0 unspecified atom stereocenters. The Bertz CT molecular complexity index is 1370. The molecule has 3 N–H and O–H groups in total. The van der Waals surface area contributed by atoms with Crippen molar-refractivity contribution < 1.29 is 24.2 Å². The fourth-order valence-electron chi connectivity index (χ4n) is 5.54. The van der Waals surface area contributed by atoms with Gasteiger partial charge in [0.1, 0.15) is 11.6 Å². The van der Waals surface area contributed by atoms with Gasteiger partial charge in [0.2, 0.25) is 11.8 Å². The lowest BCUT2D eigenvalue weighted by Gasteiger charge is -2.42. The molecule has 1 aliphatic rings. The molecule has 0 bridgehead atoms. The van der Waals surface area contributed by atoms with E-state index in [0.717, 1.165) is 11.1 Å². The minimum atomic E-state index is -1.07. The Balaban J connectivity index is 1.50. The second kappa shape index (κ2) is 15.2. The second-order valence-corrected chi connectivity index (χ2v) is 13.3. The van der Waals surface area contributed by atoms with Crippen LogP contribution in [0.2, 0.25) is 0 Å². The number of carbonyl (C=O) groups is 3. The van der Waals surface area contributed by atoms with Crippen molar-refractivity contribution in [2.45, 2.75) is 83.7 Å². The van der Waals surface area contributed by atoms with Gasteiger partial charge in [-0.15, -0.1) is 0 Å². The van der Waals surface area contributed by atoms with E-state index in [0.29, 0.717) is 25.9 Å². The van der Waals surface area contributed by atoms with Crippen LogP contribution in [0.5, 0.6) is 0 Å². The first-order valence-electron chi connectivity index (χ1n) is 15.7. The number of nitrogens with one attached hydrogen (secondary N) is 2. The first-order valence-corrected chi connectivity index (χ1v) is 15.7. The molecule has 242 valence electrons. The molecule has 0 spiro atoms. The summed E-state index contributed by atoms with van der Waals surface area (Å²) in [6.07, 6.45) is 4.42. The number of ether oxygens (including phenoxy) is 1. The minimum Gasteiger partial charge on any atom is -0.444 e. The summed E-state index contributed by atoms with van der Waals surface area (Å²) in [5, 5.41) is 17.5. The highest BCUT2D eigenvalue weighted by molar-refractivity contribution is 5.89. The molecule has 10 nitrogen and oxygen atoms in total. The lowest BCUT2D eigenvalue weighted by molar-refractivity contribution is -0.143. The van der Waals surface area contributed by atoms with Gasteiger partial charge in [0, 0.05) is 31.4 Å². The highest BCUT2D eigenvalue weighted by atomic mass is 16.6. The third kappa shape index (κ3) is 9.91. The molecule has 0 radical (unpaired) electrons. The Morgan fingerprint density at radius 3 is 2.09 bits per heavy atom. The van der Waals surface area contributed by atoms with Crippen molar-refractivity contribution in [2.24, 2.45) is 11.8 Å². The maximum absolute atomic E-state index is 14.0. The Hall–Kier alpha value is -4.18. The summed E-state index contributed by atoms with van der Waals surface area (Å²) in [4.78, 5) is 46.1. The van der Waals surface area contributed by atoms with E-state index >= 15 is 0 Å². The molecule has 0 saturated carbocycles. The van der Waals surface area contributed by atoms with Crippen molar-refractivity contribution in [3.8, 4) is 0 Å². The molecule has 1 saturated heterocycles. The topological polar surface area (TPSA) is 126 Å². The molecule has 10 heteroatoms. The van der Waals surface area contributed by atoms with E-state index in [-0.39, 0.29) is 30.2 Å². The third-order valence-electron chi connectivity index (χ3n) is 8.04. The highest BCUT2D eigenvalue weighted by Gasteiger charge is 2.38. The number of aliphatic hydroxyl groups excluding tert-OH is 1. The maximum atomic E-state index is 14.0. The maximum Gasteiger partial charge on any atom is 0.407 e. The van der Waals surface area contributed by atoms with Gasteiger partial charge < -0.3 is 29.9 Å². The molecule has 1 aliphatic heterocycles. The highest BCUT2D eigenvalue weighted by Crippen LogP contribution is 2.24. The molecule has 3 aromatic rings. The predicted molar refractivity (Wildman–Crippen MR) is 172 cm³/mol. The van der Waals surface area contributed by atoms with E-state index in [1.165, 1.54) is 0 Å². The molecule has 45 heavy (non-hydrogen) atoms. The molecule has 2 heterocycles. The zero-order valence-electron chi connectivity index (χ0n) is 26.9. The number of imidazole rings is 1. The Labute approximate surface area is 266 Å². The average molecular weight is 618 g/mol. The van der Waals surface area contributed by atoms with Crippen LogP contribution in [0.3, 0.4) is 0 Å². The van der Waals surface area contributed by atoms with Crippen LogP contribution in [0, 0.1) is 11.8 Å². The van der Waals surface area contributed by atoms with Crippen LogP contribution in [-0.4, -0.2) is 74.3 Å². The summed E-state index contributed by atoms with van der Waals surface area (Å²) >= 11 is 0. The molecule has 1 fully saturated rings. The van der Waals surface area contributed by atoms with Crippen molar-refractivity contribution in [3.63, 3.8) is 0 Å². The number of rotatable bonds is 13. The smallest absolute Gasteiger partial charge is 0.407 e. The molecular formula is C35H47N5O5.